The molecule has 0 fully saturated rings. The van der Waals surface area contributed by atoms with E-state index in [0.717, 1.165) is 5.56 Å². The second-order valence-corrected chi connectivity index (χ2v) is 6.66. The standard InChI is InChI=1S/C24H20FNO2/c25-18-13-11-17(12-14-18)6-5-15-26-24(27)28-16-23-21-9-3-1-7-19(21)20-8-2-4-10-22(20)23/h1-14,23H,15-16H2,(H,26,27). The number of benzene rings is 3. The summed E-state index contributed by atoms with van der Waals surface area (Å²) in [5.74, 6) is -0.221. The van der Waals surface area contributed by atoms with Crippen LogP contribution in [0.5, 0.6) is 0 Å². The molecule has 0 bridgehead atoms. The Bertz CT molecular complexity index is 966. The maximum absolute atomic E-state index is 12.9. The third-order valence-electron chi connectivity index (χ3n) is 4.89. The molecule has 1 N–H and O–H groups in total. The van der Waals surface area contributed by atoms with Gasteiger partial charge in [0, 0.05) is 12.5 Å². The summed E-state index contributed by atoms with van der Waals surface area (Å²) < 4.78 is 18.4. The Balaban J connectivity index is 1.33. The minimum absolute atomic E-state index is 0.0490. The molecule has 0 spiro atoms. The number of halogens is 1. The van der Waals surface area contributed by atoms with Gasteiger partial charge in [-0.05, 0) is 39.9 Å². The van der Waals surface area contributed by atoms with E-state index in [2.05, 4.69) is 29.6 Å². The molecule has 0 saturated heterocycles. The molecule has 140 valence electrons. The van der Waals surface area contributed by atoms with Crippen LogP contribution in [0.25, 0.3) is 17.2 Å². The highest BCUT2D eigenvalue weighted by atomic mass is 19.1. The summed E-state index contributed by atoms with van der Waals surface area (Å²) in [7, 11) is 0. The maximum Gasteiger partial charge on any atom is 0.407 e. The smallest absolute Gasteiger partial charge is 0.407 e. The number of hydrogen-bond acceptors (Lipinski definition) is 2. The monoisotopic (exact) mass is 373 g/mol. The van der Waals surface area contributed by atoms with Gasteiger partial charge in [-0.1, -0.05) is 72.8 Å². The SMILES string of the molecule is O=C(NCC=Cc1ccc(F)cc1)OCC1c2ccccc2-c2ccccc21. The third kappa shape index (κ3) is 3.81. The summed E-state index contributed by atoms with van der Waals surface area (Å²) in [6.07, 6.45) is 3.17. The fraction of sp³-hybridized carbons (Fsp3) is 0.125. The molecule has 1 aliphatic rings. The molecule has 0 heterocycles. The second kappa shape index (κ2) is 8.09. The van der Waals surface area contributed by atoms with Crippen LogP contribution in [0, 0.1) is 5.82 Å². The van der Waals surface area contributed by atoms with E-state index >= 15 is 0 Å². The van der Waals surface area contributed by atoms with Gasteiger partial charge in [0.1, 0.15) is 12.4 Å². The zero-order valence-electron chi connectivity index (χ0n) is 15.3. The zero-order chi connectivity index (χ0) is 19.3. The fourth-order valence-corrected chi connectivity index (χ4v) is 3.56. The van der Waals surface area contributed by atoms with Crippen LogP contribution in [0.1, 0.15) is 22.6 Å². The lowest BCUT2D eigenvalue weighted by molar-refractivity contribution is 0.144. The molecule has 0 unspecified atom stereocenters. The average Bonchev–Trinajstić information content (AvgIpc) is 3.05. The van der Waals surface area contributed by atoms with Crippen molar-refractivity contribution in [1.82, 2.24) is 5.32 Å². The first kappa shape index (κ1) is 18.0. The van der Waals surface area contributed by atoms with E-state index in [9.17, 15) is 9.18 Å². The Hall–Kier alpha value is -3.40. The molecule has 4 heteroatoms. The van der Waals surface area contributed by atoms with Crippen molar-refractivity contribution in [2.24, 2.45) is 0 Å². The van der Waals surface area contributed by atoms with Crippen molar-refractivity contribution in [2.45, 2.75) is 5.92 Å². The van der Waals surface area contributed by atoms with Crippen molar-refractivity contribution in [3.8, 4) is 11.1 Å². The molecule has 0 saturated carbocycles. The summed E-state index contributed by atoms with van der Waals surface area (Å²) in [6, 6.07) is 22.6. The minimum atomic E-state index is -0.453. The molecule has 1 amide bonds. The highest BCUT2D eigenvalue weighted by molar-refractivity contribution is 5.79. The van der Waals surface area contributed by atoms with Crippen molar-refractivity contribution in [1.29, 1.82) is 0 Å². The van der Waals surface area contributed by atoms with E-state index < -0.39 is 6.09 Å². The Morgan fingerprint density at radius 1 is 0.929 bits per heavy atom. The molecule has 0 radical (unpaired) electrons. The summed E-state index contributed by atoms with van der Waals surface area (Å²) in [5, 5.41) is 2.71. The number of carbonyl (C=O) groups excluding carboxylic acids is 1. The lowest BCUT2D eigenvalue weighted by atomic mass is 9.98. The fourth-order valence-electron chi connectivity index (χ4n) is 3.56. The number of fused-ring (bicyclic) bond motifs is 3. The first-order valence-corrected chi connectivity index (χ1v) is 9.23. The first-order chi connectivity index (χ1) is 13.7. The molecule has 1 aliphatic carbocycles. The molecule has 0 aliphatic heterocycles. The number of hydrogen-bond donors (Lipinski definition) is 1. The van der Waals surface area contributed by atoms with Gasteiger partial charge in [0.15, 0.2) is 0 Å². The molecule has 4 rings (SSSR count). The highest BCUT2D eigenvalue weighted by Gasteiger charge is 2.28. The lowest BCUT2D eigenvalue weighted by Gasteiger charge is -2.14. The van der Waals surface area contributed by atoms with Crippen LogP contribution in [0.3, 0.4) is 0 Å². The van der Waals surface area contributed by atoms with Gasteiger partial charge < -0.3 is 10.1 Å². The van der Waals surface area contributed by atoms with Gasteiger partial charge in [-0.15, -0.1) is 0 Å². The molecule has 3 nitrogen and oxygen atoms in total. The Labute approximate surface area is 163 Å². The molecular weight excluding hydrogens is 353 g/mol. The number of alkyl carbamates (subject to hydrolysis) is 1. The van der Waals surface area contributed by atoms with E-state index in [1.165, 1.54) is 34.4 Å². The van der Waals surface area contributed by atoms with E-state index in [1.54, 1.807) is 18.2 Å². The number of ether oxygens (including phenoxy) is 1. The summed E-state index contributed by atoms with van der Waals surface area (Å²) in [6.45, 7) is 0.635. The van der Waals surface area contributed by atoms with Crippen LogP contribution in [0.4, 0.5) is 9.18 Å². The average molecular weight is 373 g/mol. The maximum atomic E-state index is 12.9. The van der Waals surface area contributed by atoms with Crippen molar-refractivity contribution >= 4 is 12.2 Å². The van der Waals surface area contributed by atoms with E-state index in [-0.39, 0.29) is 11.7 Å². The zero-order valence-corrected chi connectivity index (χ0v) is 15.3. The van der Waals surface area contributed by atoms with Gasteiger partial charge in [0.05, 0.1) is 0 Å². The van der Waals surface area contributed by atoms with E-state index in [0.29, 0.717) is 13.2 Å². The topological polar surface area (TPSA) is 38.3 Å². The van der Waals surface area contributed by atoms with Crippen molar-refractivity contribution < 1.29 is 13.9 Å². The van der Waals surface area contributed by atoms with Crippen LogP contribution >= 0.6 is 0 Å². The number of amides is 1. The minimum Gasteiger partial charge on any atom is -0.449 e. The molecule has 0 atom stereocenters. The van der Waals surface area contributed by atoms with Crippen LogP contribution in [-0.2, 0) is 4.74 Å². The number of nitrogens with one attached hydrogen (secondary N) is 1. The normalized spacial score (nSPS) is 12.6. The second-order valence-electron chi connectivity index (χ2n) is 6.66. The Morgan fingerprint density at radius 3 is 2.18 bits per heavy atom. The molecule has 3 aromatic rings. The first-order valence-electron chi connectivity index (χ1n) is 9.23. The summed E-state index contributed by atoms with van der Waals surface area (Å²) in [5.41, 5.74) is 5.65. The van der Waals surface area contributed by atoms with Crippen molar-refractivity contribution in [3.05, 3.63) is 101 Å². The van der Waals surface area contributed by atoms with Crippen molar-refractivity contribution in [2.75, 3.05) is 13.2 Å². The predicted molar refractivity (Wildman–Crippen MR) is 109 cm³/mol. The van der Waals surface area contributed by atoms with Gasteiger partial charge in [-0.25, -0.2) is 9.18 Å². The van der Waals surface area contributed by atoms with Crippen LogP contribution in [0.15, 0.2) is 78.9 Å². The van der Waals surface area contributed by atoms with Gasteiger partial charge in [0.2, 0.25) is 0 Å². The van der Waals surface area contributed by atoms with Gasteiger partial charge >= 0.3 is 6.09 Å². The van der Waals surface area contributed by atoms with E-state index in [4.69, 9.17) is 4.74 Å². The summed E-state index contributed by atoms with van der Waals surface area (Å²) >= 11 is 0. The molecule has 0 aromatic heterocycles. The highest BCUT2D eigenvalue weighted by Crippen LogP contribution is 2.44. The molecular formula is C24H20FNO2. The number of rotatable bonds is 5. The van der Waals surface area contributed by atoms with Crippen LogP contribution in [-0.4, -0.2) is 19.2 Å². The predicted octanol–water partition coefficient (Wildman–Crippen LogP) is 5.38. The third-order valence-corrected chi connectivity index (χ3v) is 4.89. The van der Waals surface area contributed by atoms with E-state index in [1.807, 2.05) is 30.3 Å². The van der Waals surface area contributed by atoms with Gasteiger partial charge in [-0.3, -0.25) is 0 Å². The van der Waals surface area contributed by atoms with Gasteiger partial charge in [0.25, 0.3) is 0 Å². The summed E-state index contributed by atoms with van der Waals surface area (Å²) in [4.78, 5) is 12.1. The van der Waals surface area contributed by atoms with Crippen LogP contribution < -0.4 is 5.32 Å². The largest absolute Gasteiger partial charge is 0.449 e. The number of carbonyl (C=O) groups is 1. The quantitative estimate of drug-likeness (QED) is 0.652. The van der Waals surface area contributed by atoms with Crippen molar-refractivity contribution in [3.63, 3.8) is 0 Å². The van der Waals surface area contributed by atoms with Gasteiger partial charge in [-0.2, -0.15) is 0 Å². The molecule has 28 heavy (non-hydrogen) atoms. The Kier molecular flexibility index (Phi) is 5.20. The Morgan fingerprint density at radius 2 is 1.54 bits per heavy atom. The van der Waals surface area contributed by atoms with Crippen LogP contribution in [0.2, 0.25) is 0 Å². The molecule has 3 aromatic carbocycles. The lowest BCUT2D eigenvalue weighted by Crippen LogP contribution is -2.26.